The van der Waals surface area contributed by atoms with Gasteiger partial charge in [0.25, 0.3) is 0 Å². The maximum absolute atomic E-state index is 13.3. The Kier molecular flexibility index (Phi) is 5.89. The van der Waals surface area contributed by atoms with Crippen molar-refractivity contribution in [2.45, 2.75) is 20.3 Å². The number of anilines is 1. The van der Waals surface area contributed by atoms with Crippen molar-refractivity contribution >= 4 is 11.6 Å². The van der Waals surface area contributed by atoms with Gasteiger partial charge in [0.1, 0.15) is 11.6 Å². The average Bonchev–Trinajstić information content (AvgIpc) is 2.68. The van der Waals surface area contributed by atoms with Gasteiger partial charge in [-0.1, -0.05) is 12.1 Å². The molecule has 3 rings (SSSR count). The number of halogens is 1. The van der Waals surface area contributed by atoms with Gasteiger partial charge in [0, 0.05) is 24.5 Å². The average molecular weight is 379 g/mol. The van der Waals surface area contributed by atoms with E-state index in [-0.39, 0.29) is 5.82 Å². The number of amides is 1. The maximum atomic E-state index is 13.3. The van der Waals surface area contributed by atoms with Gasteiger partial charge in [-0.25, -0.2) is 9.37 Å². The standard InChI is InChI=1S/C22H22FN3O2/c1-14-15(2)20(28-21-9-6-17(13-26-21)22(24)27)8-7-19(14)25-11-10-16-4-3-5-18(23)12-16/h3-9,12-13,25H,10-11H2,1-2H3,(H2,24,27). The first-order valence-electron chi connectivity index (χ1n) is 8.96. The lowest BCUT2D eigenvalue weighted by atomic mass is 10.1. The summed E-state index contributed by atoms with van der Waals surface area (Å²) < 4.78 is 19.1. The third-order valence-corrected chi connectivity index (χ3v) is 4.59. The van der Waals surface area contributed by atoms with E-state index in [1.807, 2.05) is 32.0 Å². The Hall–Kier alpha value is -3.41. The monoisotopic (exact) mass is 379 g/mol. The molecule has 0 saturated heterocycles. The first-order chi connectivity index (χ1) is 13.4. The Bertz CT molecular complexity index is 988. The molecule has 0 aliphatic rings. The molecule has 0 unspecified atom stereocenters. The van der Waals surface area contributed by atoms with Crippen molar-refractivity contribution in [2.75, 3.05) is 11.9 Å². The number of nitrogens with zero attached hydrogens (tertiary/aromatic N) is 1. The molecule has 144 valence electrons. The Balaban J connectivity index is 1.65. The van der Waals surface area contributed by atoms with Crippen LogP contribution in [0.2, 0.25) is 0 Å². The van der Waals surface area contributed by atoms with Gasteiger partial charge in [-0.3, -0.25) is 4.79 Å². The number of aromatic nitrogens is 1. The van der Waals surface area contributed by atoms with E-state index in [9.17, 15) is 9.18 Å². The van der Waals surface area contributed by atoms with Crippen LogP contribution in [0.3, 0.4) is 0 Å². The quantitative estimate of drug-likeness (QED) is 0.638. The van der Waals surface area contributed by atoms with Crippen LogP contribution < -0.4 is 15.8 Å². The second-order valence-electron chi connectivity index (χ2n) is 6.52. The van der Waals surface area contributed by atoms with E-state index in [1.54, 1.807) is 24.3 Å². The van der Waals surface area contributed by atoms with Crippen LogP contribution in [0.4, 0.5) is 10.1 Å². The van der Waals surface area contributed by atoms with Gasteiger partial charge in [0.2, 0.25) is 11.8 Å². The Morgan fingerprint density at radius 3 is 2.64 bits per heavy atom. The number of hydrogen-bond donors (Lipinski definition) is 2. The number of carbonyl (C=O) groups excluding carboxylic acids is 1. The fraction of sp³-hybridized carbons (Fsp3) is 0.182. The lowest BCUT2D eigenvalue weighted by Crippen LogP contribution is -2.11. The molecule has 0 aliphatic carbocycles. The van der Waals surface area contributed by atoms with Crippen LogP contribution in [0.5, 0.6) is 11.6 Å². The third-order valence-electron chi connectivity index (χ3n) is 4.59. The van der Waals surface area contributed by atoms with Crippen LogP contribution in [-0.4, -0.2) is 17.4 Å². The molecule has 0 saturated carbocycles. The predicted octanol–water partition coefficient (Wildman–Crippen LogP) is 4.38. The van der Waals surface area contributed by atoms with E-state index in [4.69, 9.17) is 10.5 Å². The highest BCUT2D eigenvalue weighted by Crippen LogP contribution is 2.30. The number of nitrogens with two attached hydrogens (primary N) is 1. The normalized spacial score (nSPS) is 10.5. The van der Waals surface area contributed by atoms with Crippen LogP contribution in [0.25, 0.3) is 0 Å². The zero-order chi connectivity index (χ0) is 20.1. The molecule has 0 spiro atoms. The molecule has 0 aliphatic heterocycles. The molecule has 0 atom stereocenters. The molecular weight excluding hydrogens is 357 g/mol. The van der Waals surface area contributed by atoms with Gasteiger partial charge in [0.05, 0.1) is 5.56 Å². The van der Waals surface area contributed by atoms with Gasteiger partial charge in [-0.05, 0) is 67.3 Å². The van der Waals surface area contributed by atoms with Crippen molar-refractivity contribution in [1.82, 2.24) is 4.98 Å². The molecule has 3 N–H and O–H groups in total. The summed E-state index contributed by atoms with van der Waals surface area (Å²) in [4.78, 5) is 15.2. The number of nitrogens with one attached hydrogen (secondary N) is 1. The minimum absolute atomic E-state index is 0.219. The molecular formula is C22H22FN3O2. The molecule has 28 heavy (non-hydrogen) atoms. The minimum atomic E-state index is -0.528. The molecule has 0 radical (unpaired) electrons. The van der Waals surface area contributed by atoms with Gasteiger partial charge in [-0.2, -0.15) is 0 Å². The summed E-state index contributed by atoms with van der Waals surface area (Å²) >= 11 is 0. The van der Waals surface area contributed by atoms with Crippen LogP contribution in [0, 0.1) is 19.7 Å². The first kappa shape index (κ1) is 19.4. The van der Waals surface area contributed by atoms with E-state index in [0.717, 1.165) is 28.8 Å². The zero-order valence-electron chi connectivity index (χ0n) is 15.8. The van der Waals surface area contributed by atoms with Crippen molar-refractivity contribution < 1.29 is 13.9 Å². The highest BCUT2D eigenvalue weighted by atomic mass is 19.1. The predicted molar refractivity (Wildman–Crippen MR) is 107 cm³/mol. The van der Waals surface area contributed by atoms with Crippen molar-refractivity contribution in [3.8, 4) is 11.6 Å². The second kappa shape index (κ2) is 8.52. The fourth-order valence-corrected chi connectivity index (χ4v) is 2.83. The number of hydrogen-bond acceptors (Lipinski definition) is 4. The lowest BCUT2D eigenvalue weighted by Gasteiger charge is -2.15. The highest BCUT2D eigenvalue weighted by molar-refractivity contribution is 5.92. The van der Waals surface area contributed by atoms with Crippen molar-refractivity contribution in [1.29, 1.82) is 0 Å². The molecule has 6 heteroatoms. The molecule has 2 aromatic carbocycles. The largest absolute Gasteiger partial charge is 0.439 e. The van der Waals surface area contributed by atoms with E-state index < -0.39 is 5.91 Å². The van der Waals surface area contributed by atoms with Gasteiger partial charge in [-0.15, -0.1) is 0 Å². The highest BCUT2D eigenvalue weighted by Gasteiger charge is 2.10. The van der Waals surface area contributed by atoms with E-state index in [0.29, 0.717) is 23.7 Å². The lowest BCUT2D eigenvalue weighted by molar-refractivity contribution is 0.1000. The summed E-state index contributed by atoms with van der Waals surface area (Å²) in [5.74, 6) is 0.329. The zero-order valence-corrected chi connectivity index (χ0v) is 15.8. The number of pyridine rings is 1. The minimum Gasteiger partial charge on any atom is -0.439 e. The number of primary amides is 1. The number of rotatable bonds is 7. The smallest absolute Gasteiger partial charge is 0.250 e. The van der Waals surface area contributed by atoms with Crippen molar-refractivity contribution in [3.05, 3.63) is 82.8 Å². The summed E-state index contributed by atoms with van der Waals surface area (Å²) in [6.45, 7) is 4.68. The second-order valence-corrected chi connectivity index (χ2v) is 6.52. The topological polar surface area (TPSA) is 77.2 Å². The van der Waals surface area contributed by atoms with E-state index >= 15 is 0 Å². The number of ether oxygens (including phenoxy) is 1. The van der Waals surface area contributed by atoms with E-state index in [1.165, 1.54) is 12.3 Å². The SMILES string of the molecule is Cc1c(NCCc2cccc(F)c2)ccc(Oc2ccc(C(N)=O)cn2)c1C. The summed E-state index contributed by atoms with van der Waals surface area (Å²) in [6.07, 6.45) is 2.12. The van der Waals surface area contributed by atoms with Gasteiger partial charge < -0.3 is 15.8 Å². The van der Waals surface area contributed by atoms with Crippen LogP contribution in [0.1, 0.15) is 27.0 Å². The third kappa shape index (κ3) is 4.65. The van der Waals surface area contributed by atoms with Crippen LogP contribution >= 0.6 is 0 Å². The Morgan fingerprint density at radius 1 is 1.14 bits per heavy atom. The summed E-state index contributed by atoms with van der Waals surface area (Å²) in [5, 5.41) is 3.39. The van der Waals surface area contributed by atoms with Gasteiger partial charge in [0.15, 0.2) is 0 Å². The Morgan fingerprint density at radius 2 is 1.96 bits per heavy atom. The van der Waals surface area contributed by atoms with Crippen molar-refractivity contribution in [3.63, 3.8) is 0 Å². The Labute approximate surface area is 163 Å². The van der Waals surface area contributed by atoms with Crippen LogP contribution in [0.15, 0.2) is 54.7 Å². The maximum Gasteiger partial charge on any atom is 0.250 e. The van der Waals surface area contributed by atoms with Gasteiger partial charge >= 0.3 is 0 Å². The summed E-state index contributed by atoms with van der Waals surface area (Å²) in [6, 6.07) is 13.6. The fourth-order valence-electron chi connectivity index (χ4n) is 2.83. The molecule has 1 amide bonds. The van der Waals surface area contributed by atoms with Crippen LogP contribution in [-0.2, 0) is 6.42 Å². The molecule has 5 nitrogen and oxygen atoms in total. The number of benzene rings is 2. The first-order valence-corrected chi connectivity index (χ1v) is 8.96. The molecule has 3 aromatic rings. The molecule has 1 aromatic heterocycles. The molecule has 0 fully saturated rings. The van der Waals surface area contributed by atoms with E-state index in [2.05, 4.69) is 10.3 Å². The van der Waals surface area contributed by atoms with Crippen molar-refractivity contribution in [2.24, 2.45) is 5.73 Å². The summed E-state index contributed by atoms with van der Waals surface area (Å²) in [7, 11) is 0. The summed E-state index contributed by atoms with van der Waals surface area (Å²) in [5.41, 5.74) is 9.54. The molecule has 1 heterocycles. The number of carbonyl (C=O) groups is 1. The molecule has 0 bridgehead atoms.